The van der Waals surface area contributed by atoms with E-state index >= 15 is 0 Å². The standard InChI is InChI=1S/C10H21NO3/c1-8(2)9(10(12)14-4)7-11-5-6-13-3/h8-9,11H,5-7H2,1-4H3. The van der Waals surface area contributed by atoms with Crippen LogP contribution in [-0.4, -0.2) is 39.9 Å². The predicted octanol–water partition coefficient (Wildman–Crippen LogP) is 0.668. The minimum absolute atomic E-state index is 0.0724. The highest BCUT2D eigenvalue weighted by atomic mass is 16.5. The van der Waals surface area contributed by atoms with Crippen LogP contribution in [0.1, 0.15) is 13.8 Å². The summed E-state index contributed by atoms with van der Waals surface area (Å²) < 4.78 is 9.61. The number of carbonyl (C=O) groups excluding carboxylic acids is 1. The van der Waals surface area contributed by atoms with E-state index < -0.39 is 0 Å². The van der Waals surface area contributed by atoms with E-state index in [1.165, 1.54) is 7.11 Å². The van der Waals surface area contributed by atoms with Gasteiger partial charge in [0.1, 0.15) is 0 Å². The zero-order valence-electron chi connectivity index (χ0n) is 9.50. The number of carbonyl (C=O) groups is 1. The van der Waals surface area contributed by atoms with E-state index in [0.717, 1.165) is 6.54 Å². The van der Waals surface area contributed by atoms with Crippen LogP contribution in [0.2, 0.25) is 0 Å². The summed E-state index contributed by atoms with van der Waals surface area (Å²) in [5.41, 5.74) is 0. The quantitative estimate of drug-likeness (QED) is 0.488. The molecule has 0 radical (unpaired) electrons. The Morgan fingerprint density at radius 2 is 2.00 bits per heavy atom. The molecule has 0 fully saturated rings. The van der Waals surface area contributed by atoms with Gasteiger partial charge in [0.25, 0.3) is 0 Å². The Labute approximate surface area is 86.0 Å². The van der Waals surface area contributed by atoms with Gasteiger partial charge in [-0.25, -0.2) is 0 Å². The predicted molar refractivity (Wildman–Crippen MR) is 55.1 cm³/mol. The Bertz CT molecular complexity index is 159. The lowest BCUT2D eigenvalue weighted by atomic mass is 9.96. The topological polar surface area (TPSA) is 47.6 Å². The van der Waals surface area contributed by atoms with Crippen molar-refractivity contribution in [2.45, 2.75) is 13.8 Å². The molecule has 0 aliphatic rings. The van der Waals surface area contributed by atoms with Crippen molar-refractivity contribution in [3.8, 4) is 0 Å². The van der Waals surface area contributed by atoms with Gasteiger partial charge >= 0.3 is 5.97 Å². The maximum Gasteiger partial charge on any atom is 0.310 e. The fourth-order valence-corrected chi connectivity index (χ4v) is 1.17. The Hall–Kier alpha value is -0.610. The van der Waals surface area contributed by atoms with E-state index in [2.05, 4.69) is 5.32 Å². The average Bonchev–Trinajstić information content (AvgIpc) is 2.16. The van der Waals surface area contributed by atoms with Crippen molar-refractivity contribution in [3.05, 3.63) is 0 Å². The minimum atomic E-state index is -0.148. The van der Waals surface area contributed by atoms with Crippen LogP contribution in [0.3, 0.4) is 0 Å². The first kappa shape index (κ1) is 13.4. The van der Waals surface area contributed by atoms with E-state index in [-0.39, 0.29) is 17.8 Å². The Morgan fingerprint density at radius 1 is 1.36 bits per heavy atom. The molecule has 0 aromatic rings. The van der Waals surface area contributed by atoms with Crippen molar-refractivity contribution < 1.29 is 14.3 Å². The molecule has 0 aliphatic heterocycles. The first-order valence-corrected chi connectivity index (χ1v) is 4.91. The molecule has 0 aromatic heterocycles. The molecule has 4 nitrogen and oxygen atoms in total. The lowest BCUT2D eigenvalue weighted by molar-refractivity contribution is -0.146. The Morgan fingerprint density at radius 3 is 2.43 bits per heavy atom. The zero-order valence-corrected chi connectivity index (χ0v) is 9.50. The summed E-state index contributed by atoms with van der Waals surface area (Å²) in [5, 5.41) is 3.16. The fraction of sp³-hybridized carbons (Fsp3) is 0.900. The number of rotatable bonds is 7. The maximum atomic E-state index is 11.3. The summed E-state index contributed by atoms with van der Waals surface area (Å²) >= 11 is 0. The molecule has 0 bridgehead atoms. The number of methoxy groups -OCH3 is 2. The number of ether oxygens (including phenoxy) is 2. The molecule has 1 atom stereocenters. The largest absolute Gasteiger partial charge is 0.469 e. The van der Waals surface area contributed by atoms with Gasteiger partial charge in [-0.1, -0.05) is 13.8 Å². The average molecular weight is 203 g/mol. The maximum absolute atomic E-state index is 11.3. The molecule has 0 heterocycles. The fourth-order valence-electron chi connectivity index (χ4n) is 1.17. The molecule has 0 amide bonds. The molecule has 84 valence electrons. The van der Waals surface area contributed by atoms with Gasteiger partial charge in [-0.2, -0.15) is 0 Å². The summed E-state index contributed by atoms with van der Waals surface area (Å²) in [4.78, 5) is 11.3. The van der Waals surface area contributed by atoms with Crippen molar-refractivity contribution in [2.75, 3.05) is 33.9 Å². The van der Waals surface area contributed by atoms with Gasteiger partial charge in [-0.15, -0.1) is 0 Å². The lowest BCUT2D eigenvalue weighted by Crippen LogP contribution is -2.34. The third kappa shape index (κ3) is 5.19. The smallest absolute Gasteiger partial charge is 0.310 e. The molecule has 0 saturated heterocycles. The van der Waals surface area contributed by atoms with Crippen molar-refractivity contribution in [3.63, 3.8) is 0 Å². The molecular weight excluding hydrogens is 182 g/mol. The van der Waals surface area contributed by atoms with Crippen LogP contribution in [0.5, 0.6) is 0 Å². The lowest BCUT2D eigenvalue weighted by Gasteiger charge is -2.18. The molecule has 0 aliphatic carbocycles. The molecule has 1 unspecified atom stereocenters. The van der Waals surface area contributed by atoms with Crippen molar-refractivity contribution >= 4 is 5.97 Å². The number of hydrogen-bond donors (Lipinski definition) is 1. The normalized spacial score (nSPS) is 12.9. The number of nitrogens with one attached hydrogen (secondary N) is 1. The highest BCUT2D eigenvalue weighted by Gasteiger charge is 2.21. The molecule has 4 heteroatoms. The second-order valence-corrected chi connectivity index (χ2v) is 3.57. The van der Waals surface area contributed by atoms with Crippen LogP contribution in [0.25, 0.3) is 0 Å². The van der Waals surface area contributed by atoms with Crippen LogP contribution in [0.4, 0.5) is 0 Å². The molecule has 0 aromatic carbocycles. The van der Waals surface area contributed by atoms with Gasteiger partial charge in [0.15, 0.2) is 0 Å². The molecule has 0 saturated carbocycles. The van der Waals surface area contributed by atoms with Crippen LogP contribution >= 0.6 is 0 Å². The van der Waals surface area contributed by atoms with Gasteiger partial charge in [0.2, 0.25) is 0 Å². The summed E-state index contributed by atoms with van der Waals surface area (Å²) in [6.45, 7) is 6.09. The highest BCUT2D eigenvalue weighted by molar-refractivity contribution is 5.72. The number of esters is 1. The van der Waals surface area contributed by atoms with E-state index in [1.54, 1.807) is 7.11 Å². The third-order valence-corrected chi connectivity index (χ3v) is 2.16. The summed E-state index contributed by atoms with van der Waals surface area (Å²) in [6.07, 6.45) is 0. The Kier molecular flexibility index (Phi) is 7.42. The molecule has 14 heavy (non-hydrogen) atoms. The van der Waals surface area contributed by atoms with Gasteiger partial charge in [-0.3, -0.25) is 4.79 Å². The van der Waals surface area contributed by atoms with Crippen molar-refractivity contribution in [1.29, 1.82) is 0 Å². The zero-order chi connectivity index (χ0) is 11.0. The van der Waals surface area contributed by atoms with Gasteiger partial charge in [0, 0.05) is 20.2 Å². The number of hydrogen-bond acceptors (Lipinski definition) is 4. The third-order valence-electron chi connectivity index (χ3n) is 2.16. The molecule has 0 rings (SSSR count). The van der Waals surface area contributed by atoms with E-state index in [1.807, 2.05) is 13.8 Å². The van der Waals surface area contributed by atoms with Gasteiger partial charge < -0.3 is 14.8 Å². The van der Waals surface area contributed by atoms with Crippen LogP contribution in [-0.2, 0) is 14.3 Å². The van der Waals surface area contributed by atoms with E-state index in [0.29, 0.717) is 13.2 Å². The molecular formula is C10H21NO3. The summed E-state index contributed by atoms with van der Waals surface area (Å²) in [5.74, 6) is 0.0688. The van der Waals surface area contributed by atoms with Crippen molar-refractivity contribution in [1.82, 2.24) is 5.32 Å². The van der Waals surface area contributed by atoms with E-state index in [9.17, 15) is 4.79 Å². The van der Waals surface area contributed by atoms with Crippen LogP contribution in [0.15, 0.2) is 0 Å². The highest BCUT2D eigenvalue weighted by Crippen LogP contribution is 2.11. The van der Waals surface area contributed by atoms with Crippen LogP contribution in [0, 0.1) is 11.8 Å². The van der Waals surface area contributed by atoms with Gasteiger partial charge in [0.05, 0.1) is 19.6 Å². The SMILES string of the molecule is COCCNCC(C(=O)OC)C(C)C. The van der Waals surface area contributed by atoms with Crippen molar-refractivity contribution in [2.24, 2.45) is 11.8 Å². The van der Waals surface area contributed by atoms with Crippen LogP contribution < -0.4 is 5.32 Å². The van der Waals surface area contributed by atoms with Gasteiger partial charge in [-0.05, 0) is 5.92 Å². The monoisotopic (exact) mass is 203 g/mol. The first-order valence-electron chi connectivity index (χ1n) is 4.91. The second kappa shape index (κ2) is 7.76. The second-order valence-electron chi connectivity index (χ2n) is 3.57. The Balaban J connectivity index is 3.80. The molecule has 0 spiro atoms. The van der Waals surface area contributed by atoms with E-state index in [4.69, 9.17) is 9.47 Å². The molecule has 1 N–H and O–H groups in total. The summed E-state index contributed by atoms with van der Waals surface area (Å²) in [7, 11) is 3.08. The summed E-state index contributed by atoms with van der Waals surface area (Å²) in [6, 6.07) is 0. The first-order chi connectivity index (χ1) is 6.63. The minimum Gasteiger partial charge on any atom is -0.469 e.